The van der Waals surface area contributed by atoms with Crippen molar-refractivity contribution in [3.8, 4) is 22.4 Å². The zero-order valence-corrected chi connectivity index (χ0v) is 18.9. The summed E-state index contributed by atoms with van der Waals surface area (Å²) in [6.45, 7) is 1.81. The van der Waals surface area contributed by atoms with Crippen LogP contribution >= 0.6 is 11.6 Å². The molecule has 0 spiro atoms. The van der Waals surface area contributed by atoms with Crippen molar-refractivity contribution >= 4 is 32.9 Å². The van der Waals surface area contributed by atoms with Gasteiger partial charge in [0.1, 0.15) is 5.69 Å². The highest BCUT2D eigenvalue weighted by Crippen LogP contribution is 2.52. The van der Waals surface area contributed by atoms with Crippen molar-refractivity contribution in [1.82, 2.24) is 4.98 Å². The van der Waals surface area contributed by atoms with Crippen LogP contribution < -0.4 is 5.32 Å². The quantitative estimate of drug-likeness (QED) is 0.271. The third kappa shape index (κ3) is 3.39. The molecule has 0 saturated carbocycles. The van der Waals surface area contributed by atoms with Crippen LogP contribution in [0.5, 0.6) is 0 Å². The Morgan fingerprint density at radius 3 is 2.36 bits per heavy atom. The molecular weight excluding hydrogens is 462 g/mol. The Kier molecular flexibility index (Phi) is 4.99. The summed E-state index contributed by atoms with van der Waals surface area (Å²) in [5, 5.41) is 14.3. The van der Waals surface area contributed by atoms with Crippen LogP contribution in [0.25, 0.3) is 22.4 Å². The predicted octanol–water partition coefficient (Wildman–Crippen LogP) is 6.12. The summed E-state index contributed by atoms with van der Waals surface area (Å²) in [7, 11) is -3.99. The number of aromatic nitrogens is 1. The van der Waals surface area contributed by atoms with E-state index in [2.05, 4.69) is 10.3 Å². The lowest BCUT2D eigenvalue weighted by Crippen LogP contribution is -2.25. The van der Waals surface area contributed by atoms with E-state index in [0.29, 0.717) is 27.5 Å². The Bertz CT molecular complexity index is 1530. The smallest absolute Gasteiger partial charge is 0.329 e. The minimum Gasteiger partial charge on any atom is -0.364 e. The summed E-state index contributed by atoms with van der Waals surface area (Å²) in [6, 6.07) is 20.4. The van der Waals surface area contributed by atoms with Crippen molar-refractivity contribution in [2.45, 2.75) is 17.2 Å². The van der Waals surface area contributed by atoms with Crippen LogP contribution in [0.1, 0.15) is 16.5 Å². The number of para-hydroxylation sites is 1. The number of anilines is 1. The van der Waals surface area contributed by atoms with Crippen LogP contribution in [0.4, 0.5) is 11.5 Å². The minimum atomic E-state index is -3.99. The van der Waals surface area contributed by atoms with E-state index in [1.165, 1.54) is 6.07 Å². The SMILES string of the molecule is Cc1cccc(S(=O)(=O)C2Nc3ccccc3-c3c([N+](=O)[O-])[nH]c(-c4ccccc4Cl)c32)c1. The maximum Gasteiger partial charge on any atom is 0.329 e. The Morgan fingerprint density at radius 1 is 0.970 bits per heavy atom. The van der Waals surface area contributed by atoms with Gasteiger partial charge >= 0.3 is 5.82 Å². The number of rotatable bonds is 4. The highest BCUT2D eigenvalue weighted by molar-refractivity contribution is 7.91. The highest BCUT2D eigenvalue weighted by Gasteiger charge is 2.43. The van der Waals surface area contributed by atoms with Gasteiger partial charge in [-0.3, -0.25) is 0 Å². The molecule has 0 amide bonds. The van der Waals surface area contributed by atoms with E-state index in [-0.39, 0.29) is 21.8 Å². The fraction of sp³-hybridized carbons (Fsp3) is 0.0833. The number of benzene rings is 3. The molecule has 9 heteroatoms. The maximum absolute atomic E-state index is 13.9. The van der Waals surface area contributed by atoms with Crippen LogP contribution in [0.3, 0.4) is 0 Å². The van der Waals surface area contributed by atoms with Crippen LogP contribution in [0.2, 0.25) is 5.02 Å². The van der Waals surface area contributed by atoms with Gasteiger partial charge in [-0.15, -0.1) is 0 Å². The molecule has 0 aliphatic carbocycles. The molecule has 166 valence electrons. The van der Waals surface area contributed by atoms with Crippen LogP contribution in [-0.4, -0.2) is 18.3 Å². The van der Waals surface area contributed by atoms with E-state index in [1.54, 1.807) is 60.7 Å². The zero-order valence-electron chi connectivity index (χ0n) is 17.4. The van der Waals surface area contributed by atoms with Gasteiger partial charge in [0, 0.05) is 16.8 Å². The Labute approximate surface area is 195 Å². The molecule has 1 atom stereocenters. The van der Waals surface area contributed by atoms with Gasteiger partial charge < -0.3 is 15.4 Å². The number of halogens is 1. The van der Waals surface area contributed by atoms with E-state index < -0.39 is 20.1 Å². The molecule has 33 heavy (non-hydrogen) atoms. The number of nitrogens with zero attached hydrogens (tertiary/aromatic N) is 1. The number of fused-ring (bicyclic) bond motifs is 3. The number of H-pyrrole nitrogens is 1. The first-order valence-corrected chi connectivity index (χ1v) is 12.0. The molecule has 5 rings (SSSR count). The third-order valence-electron chi connectivity index (χ3n) is 5.72. The van der Waals surface area contributed by atoms with Crippen LogP contribution in [0.15, 0.2) is 77.7 Å². The van der Waals surface area contributed by atoms with Crippen molar-refractivity contribution in [3.63, 3.8) is 0 Å². The van der Waals surface area contributed by atoms with Gasteiger partial charge in [0.05, 0.1) is 21.0 Å². The number of hydrogen-bond acceptors (Lipinski definition) is 5. The van der Waals surface area contributed by atoms with Gasteiger partial charge in [0.2, 0.25) is 9.84 Å². The van der Waals surface area contributed by atoms with E-state index >= 15 is 0 Å². The molecule has 0 fully saturated rings. The topological polar surface area (TPSA) is 105 Å². The lowest BCUT2D eigenvalue weighted by molar-refractivity contribution is -0.388. The van der Waals surface area contributed by atoms with Gasteiger partial charge in [-0.05, 0) is 47.7 Å². The molecule has 0 saturated heterocycles. The lowest BCUT2D eigenvalue weighted by atomic mass is 9.94. The number of aryl methyl sites for hydroxylation is 1. The normalized spacial score (nSPS) is 14.8. The monoisotopic (exact) mass is 479 g/mol. The van der Waals surface area contributed by atoms with Crippen LogP contribution in [0, 0.1) is 17.0 Å². The first kappa shape index (κ1) is 21.2. The van der Waals surface area contributed by atoms with Gasteiger partial charge in [0.25, 0.3) is 0 Å². The molecule has 1 aromatic heterocycles. The summed E-state index contributed by atoms with van der Waals surface area (Å²) in [4.78, 5) is 14.5. The van der Waals surface area contributed by atoms with E-state index in [4.69, 9.17) is 11.6 Å². The van der Waals surface area contributed by atoms with Crippen molar-refractivity contribution in [2.75, 3.05) is 5.32 Å². The Hall–Kier alpha value is -3.62. The van der Waals surface area contributed by atoms with Crippen molar-refractivity contribution in [2.24, 2.45) is 0 Å². The first-order valence-electron chi connectivity index (χ1n) is 10.1. The average Bonchev–Trinajstić information content (AvgIpc) is 3.20. The molecule has 4 aromatic rings. The lowest BCUT2D eigenvalue weighted by Gasteiger charge is -2.27. The van der Waals surface area contributed by atoms with Crippen molar-refractivity contribution < 1.29 is 13.3 Å². The summed E-state index contributed by atoms with van der Waals surface area (Å²) in [5.41, 5.74) is 3.13. The van der Waals surface area contributed by atoms with E-state index in [9.17, 15) is 18.5 Å². The molecule has 0 radical (unpaired) electrons. The highest BCUT2D eigenvalue weighted by atomic mass is 35.5. The predicted molar refractivity (Wildman–Crippen MR) is 128 cm³/mol. The summed E-state index contributed by atoms with van der Waals surface area (Å²) in [5.74, 6) is -0.279. The van der Waals surface area contributed by atoms with Crippen molar-refractivity contribution in [3.05, 3.63) is 99.1 Å². The number of nitro groups is 1. The fourth-order valence-electron chi connectivity index (χ4n) is 4.25. The average molecular weight is 480 g/mol. The summed E-state index contributed by atoms with van der Waals surface area (Å²) < 4.78 is 27.8. The molecule has 7 nitrogen and oxygen atoms in total. The third-order valence-corrected chi connectivity index (χ3v) is 7.93. The molecule has 1 unspecified atom stereocenters. The number of sulfone groups is 1. The zero-order chi connectivity index (χ0) is 23.3. The molecular formula is C24H18ClN3O4S. The molecule has 1 aliphatic heterocycles. The molecule has 2 N–H and O–H groups in total. The second-order valence-electron chi connectivity index (χ2n) is 7.81. The van der Waals surface area contributed by atoms with Gasteiger partial charge in [-0.1, -0.05) is 54.1 Å². The van der Waals surface area contributed by atoms with Gasteiger partial charge in [-0.25, -0.2) is 13.4 Å². The second kappa shape index (κ2) is 7.75. The first-order chi connectivity index (χ1) is 15.8. The van der Waals surface area contributed by atoms with Gasteiger partial charge in [-0.2, -0.15) is 0 Å². The van der Waals surface area contributed by atoms with Crippen LogP contribution in [-0.2, 0) is 9.84 Å². The Balaban J connectivity index is 1.87. The summed E-state index contributed by atoms with van der Waals surface area (Å²) >= 11 is 6.43. The minimum absolute atomic E-state index is 0.124. The van der Waals surface area contributed by atoms with E-state index in [0.717, 1.165) is 5.56 Å². The molecule has 0 bridgehead atoms. The fourth-order valence-corrected chi connectivity index (χ4v) is 6.20. The molecule has 1 aliphatic rings. The maximum atomic E-state index is 13.9. The number of nitrogens with one attached hydrogen (secondary N) is 2. The number of aromatic amines is 1. The summed E-state index contributed by atoms with van der Waals surface area (Å²) in [6.07, 6.45) is 0. The largest absolute Gasteiger partial charge is 0.364 e. The number of hydrogen-bond donors (Lipinski definition) is 2. The second-order valence-corrected chi connectivity index (χ2v) is 10.2. The molecule has 2 heterocycles. The standard InChI is InChI=1S/C24H18ClN3O4S/c1-14-7-6-8-15(13-14)33(31,32)24-21-20(17-10-3-5-12-19(17)26-24)23(28(29)30)27-22(21)16-9-2-4-11-18(16)25/h2-13,24,26-27H,1H3. The van der Waals surface area contributed by atoms with Crippen molar-refractivity contribution in [1.29, 1.82) is 0 Å². The molecule has 3 aromatic carbocycles. The van der Waals surface area contributed by atoms with Gasteiger partial charge in [0.15, 0.2) is 5.37 Å². The van der Waals surface area contributed by atoms with E-state index in [1.807, 2.05) is 13.0 Å². The Morgan fingerprint density at radius 2 is 1.67 bits per heavy atom.